The van der Waals surface area contributed by atoms with Gasteiger partial charge in [0.15, 0.2) is 0 Å². The van der Waals surface area contributed by atoms with Crippen molar-refractivity contribution >= 4 is 11.8 Å². The molecular weight excluding hydrogens is 228 g/mol. The summed E-state index contributed by atoms with van der Waals surface area (Å²) in [5.41, 5.74) is 0. The minimum Gasteiger partial charge on any atom is -0.343 e. The van der Waals surface area contributed by atoms with Crippen LogP contribution in [0.25, 0.3) is 0 Å². The van der Waals surface area contributed by atoms with Gasteiger partial charge in [0.2, 0.25) is 11.8 Å². The summed E-state index contributed by atoms with van der Waals surface area (Å²) in [5.74, 6) is 0.153. The van der Waals surface area contributed by atoms with Gasteiger partial charge < -0.3 is 10.2 Å². The summed E-state index contributed by atoms with van der Waals surface area (Å²) in [6.07, 6.45) is 8.73. The molecule has 0 aromatic heterocycles. The van der Waals surface area contributed by atoms with Crippen LogP contribution >= 0.6 is 0 Å². The third kappa shape index (κ3) is 3.03. The number of carbonyl (C=O) groups excluding carboxylic acids is 2. The van der Waals surface area contributed by atoms with E-state index in [1.807, 2.05) is 11.8 Å². The van der Waals surface area contributed by atoms with Crippen LogP contribution in [0.2, 0.25) is 0 Å². The molecular formula is C14H24N2O2. The van der Waals surface area contributed by atoms with E-state index in [0.29, 0.717) is 6.04 Å². The molecule has 1 unspecified atom stereocenters. The highest BCUT2D eigenvalue weighted by Gasteiger charge is 2.35. The zero-order chi connectivity index (χ0) is 13.0. The maximum absolute atomic E-state index is 12.4. The Morgan fingerprint density at radius 2 is 1.83 bits per heavy atom. The lowest BCUT2D eigenvalue weighted by Gasteiger charge is -2.37. The Morgan fingerprint density at radius 3 is 2.44 bits per heavy atom. The van der Waals surface area contributed by atoms with E-state index in [1.165, 1.54) is 25.7 Å². The van der Waals surface area contributed by atoms with Crippen molar-refractivity contribution in [3.05, 3.63) is 0 Å². The molecule has 1 saturated carbocycles. The molecule has 4 nitrogen and oxygen atoms in total. The molecule has 2 aliphatic rings. The van der Waals surface area contributed by atoms with Gasteiger partial charge in [-0.3, -0.25) is 9.59 Å². The molecule has 0 bridgehead atoms. The van der Waals surface area contributed by atoms with Crippen LogP contribution in [0.4, 0.5) is 0 Å². The number of hydrogen-bond donors (Lipinski definition) is 1. The van der Waals surface area contributed by atoms with Gasteiger partial charge in [0.05, 0.1) is 6.54 Å². The number of rotatable bonds is 3. The van der Waals surface area contributed by atoms with Gasteiger partial charge in [-0.25, -0.2) is 0 Å². The second-order valence-electron chi connectivity index (χ2n) is 5.52. The SMILES string of the molecule is CCCC1NC(=O)CN(C2CCCCCC2)C1=O. The van der Waals surface area contributed by atoms with Crippen molar-refractivity contribution in [1.29, 1.82) is 0 Å². The molecule has 0 aromatic rings. The predicted octanol–water partition coefficient (Wildman–Crippen LogP) is 1.84. The Balaban J connectivity index is 2.04. The second-order valence-corrected chi connectivity index (χ2v) is 5.52. The second kappa shape index (κ2) is 6.21. The topological polar surface area (TPSA) is 49.4 Å². The van der Waals surface area contributed by atoms with Gasteiger partial charge in [-0.1, -0.05) is 39.0 Å². The van der Waals surface area contributed by atoms with Crippen molar-refractivity contribution in [2.75, 3.05) is 6.54 Å². The molecule has 2 amide bonds. The molecule has 2 fully saturated rings. The van der Waals surface area contributed by atoms with Gasteiger partial charge in [-0.05, 0) is 19.3 Å². The van der Waals surface area contributed by atoms with E-state index in [1.54, 1.807) is 0 Å². The van der Waals surface area contributed by atoms with Crippen molar-refractivity contribution < 1.29 is 9.59 Å². The Bertz CT molecular complexity index is 309. The monoisotopic (exact) mass is 252 g/mol. The summed E-state index contributed by atoms with van der Waals surface area (Å²) in [7, 11) is 0. The summed E-state index contributed by atoms with van der Waals surface area (Å²) >= 11 is 0. The quantitative estimate of drug-likeness (QED) is 0.779. The third-order valence-corrected chi connectivity index (χ3v) is 4.07. The van der Waals surface area contributed by atoms with E-state index in [2.05, 4.69) is 5.32 Å². The Kier molecular flexibility index (Phi) is 4.61. The number of nitrogens with zero attached hydrogens (tertiary/aromatic N) is 1. The lowest BCUT2D eigenvalue weighted by atomic mass is 10.0. The van der Waals surface area contributed by atoms with Crippen LogP contribution in [0, 0.1) is 0 Å². The molecule has 0 aromatic carbocycles. The van der Waals surface area contributed by atoms with E-state index in [-0.39, 0.29) is 24.4 Å². The molecule has 0 spiro atoms. The van der Waals surface area contributed by atoms with E-state index >= 15 is 0 Å². The van der Waals surface area contributed by atoms with E-state index in [9.17, 15) is 9.59 Å². The molecule has 102 valence electrons. The van der Waals surface area contributed by atoms with Gasteiger partial charge in [0.25, 0.3) is 0 Å². The lowest BCUT2D eigenvalue weighted by Crippen LogP contribution is -2.60. The van der Waals surface area contributed by atoms with Crippen LogP contribution in [-0.2, 0) is 9.59 Å². The molecule has 18 heavy (non-hydrogen) atoms. The average molecular weight is 252 g/mol. The van der Waals surface area contributed by atoms with Crippen molar-refractivity contribution in [3.8, 4) is 0 Å². The molecule has 2 rings (SSSR count). The molecule has 4 heteroatoms. The van der Waals surface area contributed by atoms with Crippen molar-refractivity contribution in [2.24, 2.45) is 0 Å². The van der Waals surface area contributed by atoms with E-state index in [0.717, 1.165) is 25.7 Å². The Morgan fingerprint density at radius 1 is 1.17 bits per heavy atom. The van der Waals surface area contributed by atoms with Crippen LogP contribution < -0.4 is 5.32 Å². The summed E-state index contributed by atoms with van der Waals surface area (Å²) < 4.78 is 0. The first-order chi connectivity index (χ1) is 8.72. The third-order valence-electron chi connectivity index (χ3n) is 4.07. The van der Waals surface area contributed by atoms with Crippen LogP contribution in [-0.4, -0.2) is 35.3 Å². The minimum atomic E-state index is -0.278. The normalized spacial score (nSPS) is 26.9. The predicted molar refractivity (Wildman–Crippen MR) is 70.0 cm³/mol. The van der Waals surface area contributed by atoms with Gasteiger partial charge in [0, 0.05) is 6.04 Å². The Labute approximate surface area is 109 Å². The number of amides is 2. The first kappa shape index (κ1) is 13.4. The maximum Gasteiger partial charge on any atom is 0.245 e. The highest BCUT2D eigenvalue weighted by Crippen LogP contribution is 2.24. The highest BCUT2D eigenvalue weighted by molar-refractivity contribution is 5.95. The molecule has 0 radical (unpaired) electrons. The lowest BCUT2D eigenvalue weighted by molar-refractivity contribution is -0.147. The Hall–Kier alpha value is -1.06. The number of nitrogens with one attached hydrogen (secondary N) is 1. The molecule has 1 saturated heterocycles. The number of hydrogen-bond acceptors (Lipinski definition) is 2. The molecule has 1 aliphatic carbocycles. The van der Waals surface area contributed by atoms with Crippen molar-refractivity contribution in [1.82, 2.24) is 10.2 Å². The van der Waals surface area contributed by atoms with E-state index < -0.39 is 0 Å². The van der Waals surface area contributed by atoms with E-state index in [4.69, 9.17) is 0 Å². The van der Waals surface area contributed by atoms with Gasteiger partial charge in [-0.15, -0.1) is 0 Å². The fourth-order valence-electron chi connectivity index (χ4n) is 3.10. The highest BCUT2D eigenvalue weighted by atomic mass is 16.2. The van der Waals surface area contributed by atoms with Crippen molar-refractivity contribution in [2.45, 2.75) is 70.4 Å². The fraction of sp³-hybridized carbons (Fsp3) is 0.857. The molecule has 1 N–H and O–H groups in total. The largest absolute Gasteiger partial charge is 0.343 e. The van der Waals surface area contributed by atoms with Gasteiger partial charge >= 0.3 is 0 Å². The molecule has 1 aliphatic heterocycles. The van der Waals surface area contributed by atoms with Crippen LogP contribution in [0.15, 0.2) is 0 Å². The van der Waals surface area contributed by atoms with Crippen LogP contribution in [0.1, 0.15) is 58.3 Å². The summed E-state index contributed by atoms with van der Waals surface area (Å²) in [4.78, 5) is 26.0. The first-order valence-electron chi connectivity index (χ1n) is 7.32. The number of piperazine rings is 1. The zero-order valence-corrected chi connectivity index (χ0v) is 11.3. The fourth-order valence-corrected chi connectivity index (χ4v) is 3.10. The summed E-state index contributed by atoms with van der Waals surface area (Å²) in [5, 5.41) is 2.82. The smallest absolute Gasteiger partial charge is 0.245 e. The first-order valence-corrected chi connectivity index (χ1v) is 7.32. The zero-order valence-electron chi connectivity index (χ0n) is 11.3. The number of carbonyl (C=O) groups is 2. The van der Waals surface area contributed by atoms with Crippen LogP contribution in [0.5, 0.6) is 0 Å². The summed E-state index contributed by atoms with van der Waals surface area (Å²) in [6, 6.07) is 0.0184. The standard InChI is InChI=1S/C14H24N2O2/c1-2-7-12-14(18)16(10-13(17)15-12)11-8-5-3-4-6-9-11/h11-12H,2-10H2,1H3,(H,15,17). The average Bonchev–Trinajstić information content (AvgIpc) is 2.62. The minimum absolute atomic E-state index is 0.0114. The molecule has 1 heterocycles. The van der Waals surface area contributed by atoms with Crippen LogP contribution in [0.3, 0.4) is 0 Å². The maximum atomic E-state index is 12.4. The van der Waals surface area contributed by atoms with Gasteiger partial charge in [0.1, 0.15) is 6.04 Å². The van der Waals surface area contributed by atoms with Crippen molar-refractivity contribution in [3.63, 3.8) is 0 Å². The van der Waals surface area contributed by atoms with Gasteiger partial charge in [-0.2, -0.15) is 0 Å². The summed E-state index contributed by atoms with van der Waals surface area (Å²) in [6.45, 7) is 2.31. The molecule has 1 atom stereocenters.